The molecule has 0 amide bonds. The molecule has 0 saturated carbocycles. The van der Waals surface area contributed by atoms with Crippen molar-refractivity contribution in [3.05, 3.63) is 35.2 Å². The van der Waals surface area contributed by atoms with Gasteiger partial charge in [-0.3, -0.25) is 0 Å². The summed E-state index contributed by atoms with van der Waals surface area (Å²) in [5.74, 6) is 0. The maximum absolute atomic E-state index is 10.1. The monoisotopic (exact) mass is 147 g/mol. The van der Waals surface area contributed by atoms with Crippen molar-refractivity contribution in [2.24, 2.45) is 0 Å². The first kappa shape index (κ1) is 9.62. The summed E-state index contributed by atoms with van der Waals surface area (Å²) in [5, 5.41) is 8.29. The number of rotatable bonds is 1. The third-order valence-electron chi connectivity index (χ3n) is 0.922. The molecule has 1 radical (unpaired) electrons. The zero-order valence-corrected chi connectivity index (χ0v) is 4.61. The number of benzene rings is 1. The van der Waals surface area contributed by atoms with E-state index in [1.165, 1.54) is 12.1 Å². The average molecular weight is 147 g/mol. The van der Waals surface area contributed by atoms with Crippen molar-refractivity contribution in [3.8, 4) is 0 Å². The Morgan fingerprint density at radius 1 is 1.40 bits per heavy atom. The Morgan fingerprint density at radius 3 is 2.20 bits per heavy atom. The molecule has 0 aliphatic carbocycles. The second-order valence-corrected chi connectivity index (χ2v) is 1.53. The van der Waals surface area contributed by atoms with Gasteiger partial charge in [0, 0.05) is 12.1 Å². The van der Waals surface area contributed by atoms with Crippen molar-refractivity contribution < 1.29 is 10.1 Å². The van der Waals surface area contributed by atoms with Gasteiger partial charge in [0.05, 0.1) is 4.91 Å². The quantitative estimate of drug-likeness (QED) is 0.467. The number of hydrogen-bond acceptors (Lipinski definition) is 1. The first-order chi connectivity index (χ1) is 4.30. The van der Waals surface area contributed by atoms with Crippen molar-refractivity contribution in [2.45, 2.75) is 0 Å². The fourth-order valence-corrected chi connectivity index (χ4v) is 0.506. The van der Waals surface area contributed by atoms with E-state index in [9.17, 15) is 4.91 Å². The van der Waals surface area contributed by atoms with Crippen LogP contribution in [0.2, 0.25) is 0 Å². The first-order valence-corrected chi connectivity index (χ1v) is 2.43. The molecule has 4 heteroatoms. The zero-order valence-electron chi connectivity index (χ0n) is 4.61. The summed E-state index contributed by atoms with van der Waals surface area (Å²) in [7, 11) is 0. The summed E-state index contributed by atoms with van der Waals surface area (Å²) < 4.78 is 0. The van der Waals surface area contributed by atoms with E-state index < -0.39 is 0 Å². The van der Waals surface area contributed by atoms with Crippen molar-refractivity contribution in [1.29, 1.82) is 0 Å². The van der Waals surface area contributed by atoms with Crippen LogP contribution in [0.5, 0.6) is 0 Å². The van der Waals surface area contributed by atoms with Crippen LogP contribution in [0.1, 0.15) is 0 Å². The predicted molar refractivity (Wildman–Crippen MR) is 37.5 cm³/mol. The van der Waals surface area contributed by atoms with Crippen molar-refractivity contribution in [1.82, 2.24) is 0 Å². The van der Waals surface area contributed by atoms with Gasteiger partial charge in [-0.2, -0.15) is 0 Å². The van der Waals surface area contributed by atoms with Crippen LogP contribution in [-0.2, 0) is 0 Å². The Labute approximate surface area is 80.5 Å². The molecule has 1 aromatic rings. The van der Waals surface area contributed by atoms with Gasteiger partial charge in [-0.25, -0.2) is 5.21 Å². The van der Waals surface area contributed by atoms with Crippen LogP contribution >= 0.6 is 0 Å². The summed E-state index contributed by atoms with van der Waals surface area (Å²) in [4.78, 5) is 9.92. The van der Waals surface area contributed by atoms with Crippen LogP contribution in [0.25, 0.3) is 0 Å². The molecule has 0 atom stereocenters. The minimum absolute atomic E-state index is 0. The molecule has 1 rings (SSSR count). The summed E-state index contributed by atoms with van der Waals surface area (Å²) in [5.41, 5.74) is 0.216. The van der Waals surface area contributed by atoms with Gasteiger partial charge in [0.25, 0.3) is 4.92 Å². The molecular weight excluding hydrogens is 141 g/mol. The van der Waals surface area contributed by atoms with Gasteiger partial charge in [0.15, 0.2) is 0 Å². The molecule has 0 aromatic heterocycles. The second kappa shape index (κ2) is 4.44. The van der Waals surface area contributed by atoms with Crippen LogP contribution in [0.15, 0.2) is 24.3 Å². The van der Waals surface area contributed by atoms with E-state index in [1.54, 1.807) is 12.1 Å². The summed E-state index contributed by atoms with van der Waals surface area (Å²) in [6.07, 6.45) is 0. The van der Waals surface area contributed by atoms with Gasteiger partial charge in [-0.15, -0.1) is 0 Å². The van der Waals surface area contributed by atoms with Crippen molar-refractivity contribution >= 4 is 35.2 Å². The molecule has 0 bridgehead atoms. The predicted octanol–water partition coefficient (Wildman–Crippen LogP) is 0.638. The Balaban J connectivity index is 0.000000810. The maximum atomic E-state index is 10.1. The second-order valence-electron chi connectivity index (χ2n) is 1.53. The third-order valence-corrected chi connectivity index (χ3v) is 0.922. The molecule has 0 fully saturated rings. The van der Waals surface area contributed by atoms with E-state index in [1.807, 2.05) is 0 Å². The molecule has 47 valence electrons. The normalized spacial score (nSPS) is 8.00. The fourth-order valence-electron chi connectivity index (χ4n) is 0.506. The van der Waals surface area contributed by atoms with E-state index in [-0.39, 0.29) is 40.2 Å². The Morgan fingerprint density at radius 2 is 1.90 bits per heavy atom. The average Bonchev–Trinajstić information content (AvgIpc) is 1.90. The summed E-state index contributed by atoms with van der Waals surface area (Å²) in [6, 6.07) is 8.75. The van der Waals surface area contributed by atoms with Gasteiger partial charge in [-0.1, -0.05) is 0 Å². The molecule has 0 aliphatic rings. The SMILES string of the molecule is O=[N+](O)c1cc[c]cc1.[NaH]. The van der Waals surface area contributed by atoms with Gasteiger partial charge in [0.2, 0.25) is 0 Å². The van der Waals surface area contributed by atoms with E-state index in [0.717, 1.165) is 0 Å². The van der Waals surface area contributed by atoms with Crippen molar-refractivity contribution in [2.75, 3.05) is 0 Å². The molecule has 0 aliphatic heterocycles. The summed E-state index contributed by atoms with van der Waals surface area (Å²) >= 11 is 0. The fraction of sp³-hybridized carbons (Fsp3) is 0. The molecule has 0 spiro atoms. The number of nitrogens with zero attached hydrogens (tertiary/aromatic N) is 1. The van der Waals surface area contributed by atoms with Crippen molar-refractivity contribution in [3.63, 3.8) is 0 Å². The van der Waals surface area contributed by atoms with Gasteiger partial charge in [0.1, 0.15) is 0 Å². The minimum atomic E-state index is -0.187. The van der Waals surface area contributed by atoms with Crippen LogP contribution < -0.4 is 0 Å². The van der Waals surface area contributed by atoms with Crippen LogP contribution in [0.4, 0.5) is 5.69 Å². The van der Waals surface area contributed by atoms with E-state index in [4.69, 9.17) is 5.21 Å². The Bertz CT molecular complexity index is 212. The van der Waals surface area contributed by atoms with E-state index in [2.05, 4.69) is 6.07 Å². The molecule has 0 saturated heterocycles. The molecule has 1 aromatic carbocycles. The van der Waals surface area contributed by atoms with Gasteiger partial charge < -0.3 is 0 Å². The van der Waals surface area contributed by atoms with E-state index >= 15 is 0 Å². The molecule has 0 heterocycles. The van der Waals surface area contributed by atoms with Crippen LogP contribution in [0.3, 0.4) is 0 Å². The summed E-state index contributed by atoms with van der Waals surface area (Å²) in [6.45, 7) is 0. The zero-order chi connectivity index (χ0) is 6.69. The molecular formula is C6H6NNaO2+. The van der Waals surface area contributed by atoms with Crippen LogP contribution in [-0.4, -0.2) is 39.7 Å². The Hall–Kier alpha value is -0.380. The topological polar surface area (TPSA) is 40.3 Å². The molecule has 3 nitrogen and oxygen atoms in total. The van der Waals surface area contributed by atoms with Crippen LogP contribution in [0, 0.1) is 11.0 Å². The molecule has 10 heavy (non-hydrogen) atoms. The molecule has 1 N–H and O–H groups in total. The standard InChI is InChI=1S/C6H5NO2.Na.H/c8-7(9)6-4-2-1-3-5-6;;/h2-5H,(H,8,9);;/q+1;;. The molecule has 0 unspecified atom stereocenters. The Kier molecular flexibility index (Phi) is 4.27. The van der Waals surface area contributed by atoms with E-state index in [0.29, 0.717) is 0 Å². The first-order valence-electron chi connectivity index (χ1n) is 2.43. The van der Waals surface area contributed by atoms with Gasteiger partial charge in [-0.05, 0) is 18.2 Å². The van der Waals surface area contributed by atoms with Gasteiger partial charge >= 0.3 is 35.2 Å². The number of hydrogen-bond donors (Lipinski definition) is 1. The third kappa shape index (κ3) is 2.47.